The molecule has 2 aromatic carbocycles. The summed E-state index contributed by atoms with van der Waals surface area (Å²) >= 11 is 0. The highest BCUT2D eigenvalue weighted by molar-refractivity contribution is 5.50. The molecule has 0 aliphatic heterocycles. The molecule has 0 spiro atoms. The summed E-state index contributed by atoms with van der Waals surface area (Å²) in [6, 6.07) is 16.5. The number of fused-ring (bicyclic) bond motifs is 1. The molecule has 0 fully saturated rings. The molecule has 3 rings (SSSR count). The molecule has 21 heavy (non-hydrogen) atoms. The maximum absolute atomic E-state index is 8.47. The van der Waals surface area contributed by atoms with Gasteiger partial charge in [0.25, 0.3) is 0 Å². The van der Waals surface area contributed by atoms with E-state index in [2.05, 4.69) is 23.5 Å². The van der Waals surface area contributed by atoms with Crippen LogP contribution in [-0.2, 0) is 19.4 Å². The van der Waals surface area contributed by atoms with Gasteiger partial charge < -0.3 is 10.1 Å². The Morgan fingerprint density at radius 1 is 1.05 bits per heavy atom. The second-order valence-electron chi connectivity index (χ2n) is 5.28. The molecule has 3 nitrogen and oxygen atoms in total. The smallest absolute Gasteiger partial charge is 0.174 e. The van der Waals surface area contributed by atoms with Crippen molar-refractivity contribution in [1.29, 1.82) is 5.26 Å². The van der Waals surface area contributed by atoms with Crippen molar-refractivity contribution < 1.29 is 4.74 Å². The van der Waals surface area contributed by atoms with Gasteiger partial charge in [-0.15, -0.1) is 0 Å². The molecule has 2 aromatic rings. The molecule has 0 bridgehead atoms. The van der Waals surface area contributed by atoms with Crippen molar-refractivity contribution in [2.45, 2.75) is 25.8 Å². The Labute approximate surface area is 125 Å². The Morgan fingerprint density at radius 3 is 2.67 bits per heavy atom. The Bertz CT molecular complexity index is 656. The lowest BCUT2D eigenvalue weighted by Gasteiger charge is -2.09. The van der Waals surface area contributed by atoms with E-state index >= 15 is 0 Å². The molecule has 0 saturated carbocycles. The standard InChI is InChI=1S/C18H18N2O/c19-10-11-21-18-8-4-14(5-9-18)13-20-17-7-6-15-2-1-3-16(15)12-17/h4-9,12,20H,1-3,11,13H2. The van der Waals surface area contributed by atoms with E-state index in [9.17, 15) is 0 Å². The molecule has 0 heterocycles. The van der Waals surface area contributed by atoms with Crippen molar-refractivity contribution in [2.24, 2.45) is 0 Å². The van der Waals surface area contributed by atoms with Crippen molar-refractivity contribution in [3.8, 4) is 11.8 Å². The van der Waals surface area contributed by atoms with E-state index in [1.165, 1.54) is 41.6 Å². The van der Waals surface area contributed by atoms with Gasteiger partial charge in [0.15, 0.2) is 6.61 Å². The Kier molecular flexibility index (Phi) is 4.07. The third-order valence-corrected chi connectivity index (χ3v) is 3.82. The van der Waals surface area contributed by atoms with Gasteiger partial charge in [0, 0.05) is 12.2 Å². The van der Waals surface area contributed by atoms with Crippen LogP contribution in [0.2, 0.25) is 0 Å². The number of hydrogen-bond donors (Lipinski definition) is 1. The summed E-state index contributed by atoms with van der Waals surface area (Å²) in [4.78, 5) is 0. The molecular formula is C18H18N2O. The minimum absolute atomic E-state index is 0.0900. The maximum atomic E-state index is 8.47. The quantitative estimate of drug-likeness (QED) is 0.907. The van der Waals surface area contributed by atoms with E-state index in [0.717, 1.165) is 12.3 Å². The fourth-order valence-corrected chi connectivity index (χ4v) is 2.71. The lowest BCUT2D eigenvalue weighted by atomic mass is 10.1. The first-order valence-electron chi connectivity index (χ1n) is 7.29. The van der Waals surface area contributed by atoms with Gasteiger partial charge in [0.05, 0.1) is 0 Å². The molecule has 106 valence electrons. The van der Waals surface area contributed by atoms with E-state index in [-0.39, 0.29) is 6.61 Å². The summed E-state index contributed by atoms with van der Waals surface area (Å²) < 4.78 is 5.24. The number of anilines is 1. The lowest BCUT2D eigenvalue weighted by Crippen LogP contribution is -2.00. The zero-order valence-electron chi connectivity index (χ0n) is 11.9. The Hall–Kier alpha value is -2.47. The zero-order chi connectivity index (χ0) is 14.5. The summed E-state index contributed by atoms with van der Waals surface area (Å²) in [6.45, 7) is 0.879. The molecule has 1 aliphatic carbocycles. The van der Waals surface area contributed by atoms with Gasteiger partial charge >= 0.3 is 0 Å². The molecular weight excluding hydrogens is 260 g/mol. The number of aryl methyl sites for hydroxylation is 2. The van der Waals surface area contributed by atoms with Crippen molar-refractivity contribution in [3.63, 3.8) is 0 Å². The van der Waals surface area contributed by atoms with E-state index < -0.39 is 0 Å². The number of rotatable bonds is 5. The zero-order valence-corrected chi connectivity index (χ0v) is 11.9. The SMILES string of the molecule is N#CCOc1ccc(CNc2ccc3c(c2)CCC3)cc1. The number of nitrogens with one attached hydrogen (secondary N) is 1. The third kappa shape index (κ3) is 3.35. The Balaban J connectivity index is 1.58. The highest BCUT2D eigenvalue weighted by atomic mass is 16.5. The van der Waals surface area contributed by atoms with Crippen molar-refractivity contribution in [2.75, 3.05) is 11.9 Å². The van der Waals surface area contributed by atoms with Crippen LogP contribution in [0.5, 0.6) is 5.75 Å². The van der Waals surface area contributed by atoms with Gasteiger partial charge in [-0.3, -0.25) is 0 Å². The van der Waals surface area contributed by atoms with Crippen LogP contribution in [0.15, 0.2) is 42.5 Å². The van der Waals surface area contributed by atoms with E-state index in [1.807, 2.05) is 30.3 Å². The highest BCUT2D eigenvalue weighted by Gasteiger charge is 2.10. The van der Waals surface area contributed by atoms with Gasteiger partial charge in [-0.1, -0.05) is 18.2 Å². The molecule has 0 radical (unpaired) electrons. The van der Waals surface area contributed by atoms with Crippen LogP contribution in [0.25, 0.3) is 0 Å². The average molecular weight is 278 g/mol. The first kappa shape index (κ1) is 13.5. The predicted octanol–water partition coefficient (Wildman–Crippen LogP) is 3.69. The molecule has 1 aliphatic rings. The first-order chi connectivity index (χ1) is 10.3. The predicted molar refractivity (Wildman–Crippen MR) is 83.3 cm³/mol. The van der Waals surface area contributed by atoms with Gasteiger partial charge in [0.1, 0.15) is 11.8 Å². The summed E-state index contributed by atoms with van der Waals surface area (Å²) in [7, 11) is 0. The third-order valence-electron chi connectivity index (χ3n) is 3.82. The van der Waals surface area contributed by atoms with E-state index in [1.54, 1.807) is 0 Å². The van der Waals surface area contributed by atoms with Gasteiger partial charge in [0.2, 0.25) is 0 Å². The second-order valence-corrected chi connectivity index (χ2v) is 5.28. The molecule has 0 unspecified atom stereocenters. The summed E-state index contributed by atoms with van der Waals surface area (Å²) in [6.07, 6.45) is 3.71. The summed E-state index contributed by atoms with van der Waals surface area (Å²) in [5.41, 5.74) is 5.36. The molecule has 1 N–H and O–H groups in total. The maximum Gasteiger partial charge on any atom is 0.174 e. The fraction of sp³-hybridized carbons (Fsp3) is 0.278. The molecule has 0 amide bonds. The van der Waals surface area contributed by atoms with E-state index in [4.69, 9.17) is 10.00 Å². The topological polar surface area (TPSA) is 45.0 Å². The highest BCUT2D eigenvalue weighted by Crippen LogP contribution is 2.25. The van der Waals surface area contributed by atoms with Crippen LogP contribution in [0.3, 0.4) is 0 Å². The number of benzene rings is 2. The number of ether oxygens (including phenoxy) is 1. The first-order valence-corrected chi connectivity index (χ1v) is 7.29. The number of nitrogens with zero attached hydrogens (tertiary/aromatic N) is 1. The second kappa shape index (κ2) is 6.32. The average Bonchev–Trinajstić information content (AvgIpc) is 2.99. The largest absolute Gasteiger partial charge is 0.479 e. The van der Waals surface area contributed by atoms with Crippen LogP contribution >= 0.6 is 0 Å². The minimum Gasteiger partial charge on any atom is -0.479 e. The Morgan fingerprint density at radius 2 is 1.86 bits per heavy atom. The molecule has 0 aromatic heterocycles. The normalized spacial score (nSPS) is 12.5. The van der Waals surface area contributed by atoms with E-state index in [0.29, 0.717) is 0 Å². The summed E-state index contributed by atoms with van der Waals surface area (Å²) in [5.74, 6) is 0.734. The van der Waals surface area contributed by atoms with Crippen molar-refractivity contribution in [1.82, 2.24) is 0 Å². The van der Waals surface area contributed by atoms with Crippen LogP contribution < -0.4 is 10.1 Å². The van der Waals surface area contributed by atoms with Crippen molar-refractivity contribution in [3.05, 3.63) is 59.2 Å². The van der Waals surface area contributed by atoms with Crippen LogP contribution in [0.4, 0.5) is 5.69 Å². The van der Waals surface area contributed by atoms with Crippen molar-refractivity contribution >= 4 is 5.69 Å². The summed E-state index contributed by atoms with van der Waals surface area (Å²) in [5, 5.41) is 11.9. The van der Waals surface area contributed by atoms with Gasteiger partial charge in [-0.2, -0.15) is 5.26 Å². The van der Waals surface area contributed by atoms with Crippen LogP contribution in [0, 0.1) is 11.3 Å². The fourth-order valence-electron chi connectivity index (χ4n) is 2.71. The molecule has 3 heteroatoms. The lowest BCUT2D eigenvalue weighted by molar-refractivity contribution is 0.368. The van der Waals surface area contributed by atoms with Crippen LogP contribution in [0.1, 0.15) is 23.1 Å². The van der Waals surface area contributed by atoms with Crippen LogP contribution in [-0.4, -0.2) is 6.61 Å². The van der Waals surface area contributed by atoms with Gasteiger partial charge in [-0.05, 0) is 60.2 Å². The molecule has 0 atom stereocenters. The monoisotopic (exact) mass is 278 g/mol. The van der Waals surface area contributed by atoms with Gasteiger partial charge in [-0.25, -0.2) is 0 Å². The molecule has 0 saturated heterocycles. The number of hydrogen-bond acceptors (Lipinski definition) is 3. The number of nitriles is 1. The minimum atomic E-state index is 0.0900.